The first-order chi connectivity index (χ1) is 9.12. The third-order valence-electron chi connectivity index (χ3n) is 3.99. The Balaban J connectivity index is 2.49. The summed E-state index contributed by atoms with van der Waals surface area (Å²) < 4.78 is 5.92. The number of ether oxygens (including phenoxy) is 1. The molecule has 2 atom stereocenters. The number of nitrogens with two attached hydrogens (primary N) is 1. The van der Waals surface area contributed by atoms with E-state index in [0.717, 1.165) is 12.0 Å². The van der Waals surface area contributed by atoms with Gasteiger partial charge < -0.3 is 10.5 Å². The minimum atomic E-state index is -0.321. The lowest BCUT2D eigenvalue weighted by molar-refractivity contribution is -0.0469. The van der Waals surface area contributed by atoms with E-state index in [1.54, 1.807) is 0 Å². The molecule has 0 aliphatic rings. The van der Waals surface area contributed by atoms with E-state index in [0.29, 0.717) is 6.61 Å². The third-order valence-corrected chi connectivity index (χ3v) is 3.99. The molecule has 0 saturated carbocycles. The molecule has 19 heavy (non-hydrogen) atoms. The molecule has 2 heteroatoms. The maximum Gasteiger partial charge on any atom is 0.0843 e. The van der Waals surface area contributed by atoms with Crippen molar-refractivity contribution in [2.24, 2.45) is 5.73 Å². The van der Waals surface area contributed by atoms with Gasteiger partial charge >= 0.3 is 0 Å². The first kappa shape index (κ1) is 14.0. The number of benzene rings is 2. The van der Waals surface area contributed by atoms with Crippen LogP contribution < -0.4 is 5.73 Å². The minimum absolute atomic E-state index is 0.122. The summed E-state index contributed by atoms with van der Waals surface area (Å²) >= 11 is 0. The lowest BCUT2D eigenvalue weighted by Crippen LogP contribution is -2.40. The van der Waals surface area contributed by atoms with Crippen LogP contribution in [-0.2, 0) is 4.74 Å². The van der Waals surface area contributed by atoms with E-state index in [4.69, 9.17) is 10.5 Å². The molecule has 2 N–H and O–H groups in total. The van der Waals surface area contributed by atoms with Gasteiger partial charge in [-0.25, -0.2) is 0 Å². The molecule has 0 heterocycles. The van der Waals surface area contributed by atoms with Crippen molar-refractivity contribution in [3.63, 3.8) is 0 Å². The molecule has 0 amide bonds. The molecule has 0 aliphatic heterocycles. The van der Waals surface area contributed by atoms with Crippen LogP contribution in [0.1, 0.15) is 38.8 Å². The van der Waals surface area contributed by atoms with Crippen molar-refractivity contribution in [2.75, 3.05) is 6.61 Å². The van der Waals surface area contributed by atoms with Crippen LogP contribution in [0.5, 0.6) is 0 Å². The summed E-state index contributed by atoms with van der Waals surface area (Å²) in [6.07, 6.45) is 0.894. The minimum Gasteiger partial charge on any atom is -0.374 e. The van der Waals surface area contributed by atoms with Crippen LogP contribution in [0.25, 0.3) is 10.8 Å². The van der Waals surface area contributed by atoms with Crippen LogP contribution in [0.15, 0.2) is 42.5 Å². The summed E-state index contributed by atoms with van der Waals surface area (Å²) in [5.74, 6) is 0. The molecule has 0 radical (unpaired) electrons. The Bertz CT molecular complexity index is 546. The van der Waals surface area contributed by atoms with Gasteiger partial charge in [-0.15, -0.1) is 0 Å². The average molecular weight is 257 g/mol. The fraction of sp³-hybridized carbons (Fsp3) is 0.412. The quantitative estimate of drug-likeness (QED) is 0.877. The van der Waals surface area contributed by atoms with E-state index in [9.17, 15) is 0 Å². The van der Waals surface area contributed by atoms with Crippen molar-refractivity contribution < 1.29 is 4.74 Å². The molecule has 2 aromatic rings. The van der Waals surface area contributed by atoms with Crippen molar-refractivity contribution in [3.8, 4) is 0 Å². The van der Waals surface area contributed by atoms with Gasteiger partial charge in [-0.05, 0) is 36.6 Å². The van der Waals surface area contributed by atoms with Crippen LogP contribution in [0.3, 0.4) is 0 Å². The summed E-state index contributed by atoms with van der Waals surface area (Å²) in [4.78, 5) is 0. The van der Waals surface area contributed by atoms with Crippen molar-refractivity contribution in [1.82, 2.24) is 0 Å². The zero-order valence-corrected chi connectivity index (χ0v) is 12.0. The van der Waals surface area contributed by atoms with Gasteiger partial charge in [0, 0.05) is 6.61 Å². The summed E-state index contributed by atoms with van der Waals surface area (Å²) in [7, 11) is 0. The second kappa shape index (κ2) is 5.72. The fourth-order valence-electron chi connectivity index (χ4n) is 2.59. The molecule has 0 aromatic heterocycles. The lowest BCUT2D eigenvalue weighted by atomic mass is 9.86. The zero-order chi connectivity index (χ0) is 13.9. The van der Waals surface area contributed by atoms with Gasteiger partial charge in [0.15, 0.2) is 0 Å². The lowest BCUT2D eigenvalue weighted by Gasteiger charge is -2.35. The zero-order valence-electron chi connectivity index (χ0n) is 12.0. The topological polar surface area (TPSA) is 35.2 Å². The second-order valence-electron chi connectivity index (χ2n) is 5.15. The Labute approximate surface area is 115 Å². The Kier molecular flexibility index (Phi) is 4.23. The predicted octanol–water partition coefficient (Wildman–Crippen LogP) is 4.04. The molecule has 2 unspecified atom stereocenters. The SMILES string of the molecule is CCOC(C)(CC)C(N)c1cccc2ccccc12. The largest absolute Gasteiger partial charge is 0.374 e. The van der Waals surface area contributed by atoms with Crippen molar-refractivity contribution in [1.29, 1.82) is 0 Å². The first-order valence-electron chi connectivity index (χ1n) is 6.99. The van der Waals surface area contributed by atoms with Gasteiger partial charge in [-0.2, -0.15) is 0 Å². The van der Waals surface area contributed by atoms with Gasteiger partial charge in [0.25, 0.3) is 0 Å². The highest BCUT2D eigenvalue weighted by Crippen LogP contribution is 2.33. The van der Waals surface area contributed by atoms with Crippen LogP contribution in [0, 0.1) is 0 Å². The van der Waals surface area contributed by atoms with Gasteiger partial charge in [-0.3, -0.25) is 0 Å². The number of hydrogen-bond donors (Lipinski definition) is 1. The molecule has 2 nitrogen and oxygen atoms in total. The van der Waals surface area contributed by atoms with Crippen LogP contribution in [-0.4, -0.2) is 12.2 Å². The number of fused-ring (bicyclic) bond motifs is 1. The smallest absolute Gasteiger partial charge is 0.0843 e. The van der Waals surface area contributed by atoms with E-state index in [-0.39, 0.29) is 11.6 Å². The van der Waals surface area contributed by atoms with Gasteiger partial charge in [0.1, 0.15) is 0 Å². The molecule has 102 valence electrons. The Morgan fingerprint density at radius 2 is 1.79 bits per heavy atom. The monoisotopic (exact) mass is 257 g/mol. The maximum absolute atomic E-state index is 6.51. The Hall–Kier alpha value is -1.38. The van der Waals surface area contributed by atoms with Crippen LogP contribution in [0.4, 0.5) is 0 Å². The second-order valence-corrected chi connectivity index (χ2v) is 5.15. The van der Waals surface area contributed by atoms with Crippen molar-refractivity contribution >= 4 is 10.8 Å². The summed E-state index contributed by atoms with van der Waals surface area (Å²) in [6.45, 7) is 6.93. The summed E-state index contributed by atoms with van der Waals surface area (Å²) in [5, 5.41) is 2.45. The first-order valence-corrected chi connectivity index (χ1v) is 6.99. The van der Waals surface area contributed by atoms with Gasteiger partial charge in [0.05, 0.1) is 11.6 Å². The van der Waals surface area contributed by atoms with Gasteiger partial charge in [-0.1, -0.05) is 49.4 Å². The van der Waals surface area contributed by atoms with E-state index < -0.39 is 0 Å². The standard InChI is InChI=1S/C17H23NO/c1-4-17(3,19-5-2)16(18)15-12-8-10-13-9-6-7-11-14(13)15/h6-12,16H,4-5,18H2,1-3H3. The van der Waals surface area contributed by atoms with Crippen molar-refractivity contribution in [3.05, 3.63) is 48.0 Å². The molecule has 2 aromatic carbocycles. The van der Waals surface area contributed by atoms with E-state index in [1.807, 2.05) is 6.92 Å². The molecule has 0 bridgehead atoms. The highest BCUT2D eigenvalue weighted by molar-refractivity contribution is 5.86. The van der Waals surface area contributed by atoms with E-state index in [2.05, 4.69) is 56.3 Å². The van der Waals surface area contributed by atoms with Crippen molar-refractivity contribution in [2.45, 2.75) is 38.8 Å². The van der Waals surface area contributed by atoms with Crippen LogP contribution in [0.2, 0.25) is 0 Å². The van der Waals surface area contributed by atoms with E-state index in [1.165, 1.54) is 10.8 Å². The normalized spacial score (nSPS) is 16.2. The Morgan fingerprint density at radius 1 is 1.11 bits per heavy atom. The predicted molar refractivity (Wildman–Crippen MR) is 81.2 cm³/mol. The molecule has 0 fully saturated rings. The Morgan fingerprint density at radius 3 is 2.47 bits per heavy atom. The third kappa shape index (κ3) is 2.65. The summed E-state index contributed by atoms with van der Waals surface area (Å²) in [5.41, 5.74) is 7.35. The molecule has 2 rings (SSSR count). The highest BCUT2D eigenvalue weighted by Gasteiger charge is 2.32. The van der Waals surface area contributed by atoms with E-state index >= 15 is 0 Å². The average Bonchev–Trinajstić information content (AvgIpc) is 2.46. The van der Waals surface area contributed by atoms with Gasteiger partial charge in [0.2, 0.25) is 0 Å². The molecule has 0 saturated heterocycles. The van der Waals surface area contributed by atoms with Crippen LogP contribution >= 0.6 is 0 Å². The molecule has 0 aliphatic carbocycles. The fourth-order valence-corrected chi connectivity index (χ4v) is 2.59. The molecule has 0 spiro atoms. The summed E-state index contributed by atoms with van der Waals surface area (Å²) in [6, 6.07) is 14.5. The molecular weight excluding hydrogens is 234 g/mol. The number of rotatable bonds is 5. The maximum atomic E-state index is 6.51. The number of hydrogen-bond acceptors (Lipinski definition) is 2. The highest BCUT2D eigenvalue weighted by atomic mass is 16.5. The molecular formula is C17H23NO.